The summed E-state index contributed by atoms with van der Waals surface area (Å²) in [4.78, 5) is -0.0555. The van der Waals surface area contributed by atoms with Crippen LogP contribution in [-0.4, -0.2) is 16.8 Å². The molecule has 2 N–H and O–H groups in total. The maximum Gasteiger partial charge on any atom is 0.261 e. The van der Waals surface area contributed by atoms with Crippen LogP contribution in [0.5, 0.6) is 0 Å². The Bertz CT molecular complexity index is 990. The van der Waals surface area contributed by atoms with Gasteiger partial charge in [0.05, 0.1) is 9.79 Å². The van der Waals surface area contributed by atoms with Crippen LogP contribution in [0.3, 0.4) is 0 Å². The van der Waals surface area contributed by atoms with Crippen molar-refractivity contribution >= 4 is 31.4 Å². The zero-order valence-electron chi connectivity index (χ0n) is 13.5. The molecule has 6 nitrogen and oxygen atoms in total. The van der Waals surface area contributed by atoms with Crippen molar-refractivity contribution in [1.29, 1.82) is 0 Å². The number of hydrogen-bond acceptors (Lipinski definition) is 4. The Kier molecular flexibility index (Phi) is 4.97. The van der Waals surface area contributed by atoms with Gasteiger partial charge in [0, 0.05) is 11.4 Å². The fourth-order valence-corrected chi connectivity index (χ4v) is 4.36. The Balaban J connectivity index is 1.81. The highest BCUT2D eigenvalue weighted by molar-refractivity contribution is 7.93. The molecule has 0 atom stereocenters. The standard InChI is InChI=1S/C18H16N2O4S2/c21-25(22,19-15-7-3-1-4-8-15)17-11-13-18(14-12-17)26(23,24)20-16-9-5-2-6-10-16/h1-14,19-20H. The molecule has 0 aliphatic carbocycles. The number of rotatable bonds is 6. The third kappa shape index (κ3) is 4.22. The van der Waals surface area contributed by atoms with Gasteiger partial charge in [-0.3, -0.25) is 9.44 Å². The highest BCUT2D eigenvalue weighted by Crippen LogP contribution is 2.20. The van der Waals surface area contributed by atoms with Crippen molar-refractivity contribution in [2.24, 2.45) is 0 Å². The van der Waals surface area contributed by atoms with Crippen LogP contribution in [0.4, 0.5) is 11.4 Å². The van der Waals surface area contributed by atoms with Gasteiger partial charge in [-0.15, -0.1) is 0 Å². The summed E-state index contributed by atoms with van der Waals surface area (Å²) in [6.45, 7) is 0. The lowest BCUT2D eigenvalue weighted by Gasteiger charge is -2.10. The SMILES string of the molecule is O=S(=O)(Nc1ccccc1)c1ccc(S(=O)(=O)Nc2ccccc2)cc1. The minimum atomic E-state index is -3.80. The van der Waals surface area contributed by atoms with Gasteiger partial charge < -0.3 is 0 Å². The summed E-state index contributed by atoms with van der Waals surface area (Å²) < 4.78 is 54.4. The molecule has 3 aromatic rings. The summed E-state index contributed by atoms with van der Waals surface area (Å²) in [5.41, 5.74) is 0.852. The van der Waals surface area contributed by atoms with Crippen molar-refractivity contribution in [1.82, 2.24) is 0 Å². The molecule has 134 valence electrons. The molecule has 0 aliphatic heterocycles. The van der Waals surface area contributed by atoms with Crippen LogP contribution in [0.2, 0.25) is 0 Å². The second-order valence-electron chi connectivity index (χ2n) is 5.41. The van der Waals surface area contributed by atoms with E-state index in [1.54, 1.807) is 60.7 Å². The maximum absolute atomic E-state index is 12.4. The topological polar surface area (TPSA) is 92.3 Å². The van der Waals surface area contributed by atoms with Gasteiger partial charge in [-0.2, -0.15) is 0 Å². The third-order valence-corrected chi connectivity index (χ3v) is 6.29. The van der Waals surface area contributed by atoms with Crippen LogP contribution in [-0.2, 0) is 20.0 Å². The Morgan fingerprint density at radius 1 is 0.462 bits per heavy atom. The molecule has 0 aromatic heterocycles. The molecule has 3 rings (SSSR count). The van der Waals surface area contributed by atoms with Crippen molar-refractivity contribution in [3.63, 3.8) is 0 Å². The number of para-hydroxylation sites is 2. The molecular weight excluding hydrogens is 372 g/mol. The van der Waals surface area contributed by atoms with Gasteiger partial charge in [0.1, 0.15) is 0 Å². The lowest BCUT2D eigenvalue weighted by atomic mass is 10.3. The molecule has 0 spiro atoms. The van der Waals surface area contributed by atoms with Crippen LogP contribution < -0.4 is 9.44 Å². The zero-order chi connectivity index (χ0) is 18.6. The number of nitrogens with one attached hydrogen (secondary N) is 2. The normalized spacial score (nSPS) is 11.7. The van der Waals surface area contributed by atoms with E-state index in [9.17, 15) is 16.8 Å². The lowest BCUT2D eigenvalue weighted by Crippen LogP contribution is -2.15. The molecular formula is C18H16N2O4S2. The minimum Gasteiger partial charge on any atom is -0.280 e. The maximum atomic E-state index is 12.4. The Morgan fingerprint density at radius 2 is 0.769 bits per heavy atom. The second kappa shape index (κ2) is 7.19. The van der Waals surface area contributed by atoms with E-state index < -0.39 is 20.0 Å². The molecule has 0 saturated heterocycles. The van der Waals surface area contributed by atoms with Crippen molar-refractivity contribution in [2.45, 2.75) is 9.79 Å². The third-order valence-electron chi connectivity index (χ3n) is 3.50. The molecule has 0 radical (unpaired) electrons. The summed E-state index contributed by atoms with van der Waals surface area (Å²) in [5.74, 6) is 0. The number of benzene rings is 3. The fourth-order valence-electron chi connectivity index (χ4n) is 2.24. The molecule has 0 heterocycles. The molecule has 0 saturated carbocycles. The molecule has 8 heteroatoms. The van der Waals surface area contributed by atoms with Crippen molar-refractivity contribution in [3.05, 3.63) is 84.9 Å². The average molecular weight is 388 g/mol. The van der Waals surface area contributed by atoms with Crippen molar-refractivity contribution in [3.8, 4) is 0 Å². The Hall–Kier alpha value is -2.84. The minimum absolute atomic E-state index is 0.0278. The van der Waals surface area contributed by atoms with Crippen molar-refractivity contribution in [2.75, 3.05) is 9.44 Å². The molecule has 0 aliphatic rings. The van der Waals surface area contributed by atoms with Gasteiger partial charge in [-0.05, 0) is 48.5 Å². The van der Waals surface area contributed by atoms with Crippen LogP contribution in [0.1, 0.15) is 0 Å². The number of hydrogen-bond donors (Lipinski definition) is 2. The van der Waals surface area contributed by atoms with Crippen LogP contribution in [0.25, 0.3) is 0 Å². The van der Waals surface area contributed by atoms with Gasteiger partial charge in [0.25, 0.3) is 20.0 Å². The lowest BCUT2D eigenvalue weighted by molar-refractivity contribution is 0.597. The summed E-state index contributed by atoms with van der Waals surface area (Å²) >= 11 is 0. The largest absolute Gasteiger partial charge is 0.280 e. The Morgan fingerprint density at radius 3 is 1.08 bits per heavy atom. The first-order valence-electron chi connectivity index (χ1n) is 7.63. The van der Waals surface area contributed by atoms with E-state index in [1.165, 1.54) is 24.3 Å². The predicted molar refractivity (Wildman–Crippen MR) is 101 cm³/mol. The van der Waals surface area contributed by atoms with Gasteiger partial charge in [-0.1, -0.05) is 36.4 Å². The van der Waals surface area contributed by atoms with E-state index in [4.69, 9.17) is 0 Å². The zero-order valence-corrected chi connectivity index (χ0v) is 15.2. The molecule has 0 unspecified atom stereocenters. The first kappa shape index (κ1) is 18.0. The first-order chi connectivity index (χ1) is 12.4. The van der Waals surface area contributed by atoms with Crippen LogP contribution in [0, 0.1) is 0 Å². The van der Waals surface area contributed by atoms with Crippen LogP contribution in [0.15, 0.2) is 94.7 Å². The first-order valence-corrected chi connectivity index (χ1v) is 10.6. The van der Waals surface area contributed by atoms with E-state index >= 15 is 0 Å². The average Bonchev–Trinajstić information content (AvgIpc) is 2.63. The van der Waals surface area contributed by atoms with E-state index in [1.807, 2.05) is 0 Å². The highest BCUT2D eigenvalue weighted by Gasteiger charge is 2.18. The van der Waals surface area contributed by atoms with E-state index in [0.29, 0.717) is 11.4 Å². The van der Waals surface area contributed by atoms with Gasteiger partial charge >= 0.3 is 0 Å². The number of sulfonamides is 2. The Labute approximate surface area is 152 Å². The van der Waals surface area contributed by atoms with E-state index in [-0.39, 0.29) is 9.79 Å². The summed E-state index contributed by atoms with van der Waals surface area (Å²) in [5, 5.41) is 0. The van der Waals surface area contributed by atoms with E-state index in [2.05, 4.69) is 9.44 Å². The predicted octanol–water partition coefficient (Wildman–Crippen LogP) is 3.29. The van der Waals surface area contributed by atoms with Crippen LogP contribution >= 0.6 is 0 Å². The molecule has 0 bridgehead atoms. The van der Waals surface area contributed by atoms with Crippen molar-refractivity contribution < 1.29 is 16.8 Å². The smallest absolute Gasteiger partial charge is 0.261 e. The monoisotopic (exact) mass is 388 g/mol. The molecule has 26 heavy (non-hydrogen) atoms. The molecule has 0 amide bonds. The molecule has 0 fully saturated rings. The summed E-state index contributed by atoms with van der Waals surface area (Å²) in [7, 11) is -7.60. The second-order valence-corrected chi connectivity index (χ2v) is 8.78. The van der Waals surface area contributed by atoms with Gasteiger partial charge in [0.15, 0.2) is 0 Å². The quantitative estimate of drug-likeness (QED) is 0.678. The summed E-state index contributed by atoms with van der Waals surface area (Å²) in [6, 6.07) is 21.9. The van der Waals surface area contributed by atoms with Gasteiger partial charge in [-0.25, -0.2) is 16.8 Å². The fraction of sp³-hybridized carbons (Fsp3) is 0. The van der Waals surface area contributed by atoms with E-state index in [0.717, 1.165) is 0 Å². The molecule has 3 aromatic carbocycles. The number of anilines is 2. The highest BCUT2D eigenvalue weighted by atomic mass is 32.2. The van der Waals surface area contributed by atoms with Gasteiger partial charge in [0.2, 0.25) is 0 Å². The summed E-state index contributed by atoms with van der Waals surface area (Å²) in [6.07, 6.45) is 0.